The Balaban J connectivity index is 1.64. The maximum atomic E-state index is 13.0. The summed E-state index contributed by atoms with van der Waals surface area (Å²) in [5, 5.41) is 18.9. The number of halogens is 1. The zero-order valence-electron chi connectivity index (χ0n) is 15.9. The van der Waals surface area contributed by atoms with Crippen molar-refractivity contribution in [2.75, 3.05) is 0 Å². The molecule has 0 radical (unpaired) electrons. The van der Waals surface area contributed by atoms with E-state index < -0.39 is 11.9 Å². The van der Waals surface area contributed by atoms with E-state index >= 15 is 0 Å². The number of Topliss-reactive ketones (excluding diaryl/α,β-unsaturated/α-hetero) is 1. The van der Waals surface area contributed by atoms with E-state index in [-0.39, 0.29) is 35.4 Å². The van der Waals surface area contributed by atoms with Crippen LogP contribution in [0.25, 0.3) is 6.08 Å². The third kappa shape index (κ3) is 5.17. The van der Waals surface area contributed by atoms with E-state index in [2.05, 4.69) is 0 Å². The van der Waals surface area contributed by atoms with E-state index in [0.29, 0.717) is 18.4 Å². The number of benzene rings is 2. The number of ketones is 1. The number of hydrogen-bond acceptors (Lipinski definition) is 3. The van der Waals surface area contributed by atoms with Crippen molar-refractivity contribution in [1.82, 2.24) is 0 Å². The summed E-state index contributed by atoms with van der Waals surface area (Å²) in [4.78, 5) is 24.2. The lowest BCUT2D eigenvalue weighted by Crippen LogP contribution is -2.16. The fraction of sp³-hybridized carbons (Fsp3) is 0.292. The predicted octanol–water partition coefficient (Wildman–Crippen LogP) is 4.98. The number of carboxylic acid groups (broad SMARTS) is 1. The molecule has 1 saturated carbocycles. The van der Waals surface area contributed by atoms with Gasteiger partial charge in [0.25, 0.3) is 0 Å². The number of allylic oxidation sites excluding steroid dienone is 1. The van der Waals surface area contributed by atoms with Crippen LogP contribution in [-0.2, 0) is 9.59 Å². The molecule has 2 aromatic carbocycles. The van der Waals surface area contributed by atoms with Crippen molar-refractivity contribution >= 4 is 17.8 Å². The van der Waals surface area contributed by atoms with E-state index in [1.807, 2.05) is 36.4 Å². The molecule has 0 bridgehead atoms. The highest BCUT2D eigenvalue weighted by Crippen LogP contribution is 2.45. The molecule has 3 atom stereocenters. The Morgan fingerprint density at radius 1 is 1.10 bits per heavy atom. The molecule has 1 aliphatic rings. The SMILES string of the molecule is N#C/C(=C\c1ccc(F)cc1)C(=O)CCC1C[C@@H](C(=O)O)[C@H](c2ccccc2)C1. The van der Waals surface area contributed by atoms with Crippen molar-refractivity contribution in [2.24, 2.45) is 11.8 Å². The van der Waals surface area contributed by atoms with Gasteiger partial charge in [0.1, 0.15) is 11.9 Å². The largest absolute Gasteiger partial charge is 0.481 e. The first-order valence-corrected chi connectivity index (χ1v) is 9.66. The summed E-state index contributed by atoms with van der Waals surface area (Å²) in [5.41, 5.74) is 1.64. The number of rotatable bonds is 7. The van der Waals surface area contributed by atoms with Crippen molar-refractivity contribution in [2.45, 2.75) is 31.6 Å². The van der Waals surface area contributed by atoms with Crippen LogP contribution in [0.2, 0.25) is 0 Å². The van der Waals surface area contributed by atoms with Gasteiger partial charge in [-0.25, -0.2) is 4.39 Å². The molecule has 1 fully saturated rings. The van der Waals surface area contributed by atoms with Gasteiger partial charge in [0, 0.05) is 6.42 Å². The van der Waals surface area contributed by atoms with Crippen LogP contribution in [0.5, 0.6) is 0 Å². The quantitative estimate of drug-likeness (QED) is 0.533. The average molecular weight is 391 g/mol. The number of carbonyl (C=O) groups excluding carboxylic acids is 1. The van der Waals surface area contributed by atoms with Crippen LogP contribution in [0, 0.1) is 29.0 Å². The minimum absolute atomic E-state index is 0.0315. The minimum Gasteiger partial charge on any atom is -0.481 e. The summed E-state index contributed by atoms with van der Waals surface area (Å²) >= 11 is 0. The molecule has 0 spiro atoms. The molecule has 0 aromatic heterocycles. The van der Waals surface area contributed by atoms with E-state index in [9.17, 15) is 24.3 Å². The van der Waals surface area contributed by atoms with Gasteiger partial charge in [0.15, 0.2) is 5.78 Å². The molecule has 1 unspecified atom stereocenters. The second-order valence-electron chi connectivity index (χ2n) is 7.48. The zero-order valence-corrected chi connectivity index (χ0v) is 15.9. The van der Waals surface area contributed by atoms with Crippen LogP contribution in [0.1, 0.15) is 42.7 Å². The molecule has 0 aliphatic heterocycles. The molecular weight excluding hydrogens is 369 g/mol. The normalized spacial score (nSPS) is 21.5. The Morgan fingerprint density at radius 3 is 2.41 bits per heavy atom. The van der Waals surface area contributed by atoms with E-state index in [0.717, 1.165) is 12.0 Å². The first-order chi connectivity index (χ1) is 14.0. The van der Waals surface area contributed by atoms with Crippen molar-refractivity contribution in [3.63, 3.8) is 0 Å². The third-order valence-corrected chi connectivity index (χ3v) is 5.59. The molecule has 148 valence electrons. The Hall–Kier alpha value is -3.26. The topological polar surface area (TPSA) is 78.2 Å². The van der Waals surface area contributed by atoms with Crippen molar-refractivity contribution in [3.8, 4) is 6.07 Å². The number of nitriles is 1. The van der Waals surface area contributed by atoms with Crippen molar-refractivity contribution in [3.05, 3.63) is 77.1 Å². The fourth-order valence-electron chi connectivity index (χ4n) is 4.09. The number of carboxylic acids is 1. The van der Waals surface area contributed by atoms with Gasteiger partial charge in [0.05, 0.1) is 11.5 Å². The van der Waals surface area contributed by atoms with Gasteiger partial charge >= 0.3 is 5.97 Å². The summed E-state index contributed by atoms with van der Waals surface area (Å²) in [6.07, 6.45) is 3.46. The van der Waals surface area contributed by atoms with E-state index in [1.165, 1.54) is 30.3 Å². The molecule has 0 amide bonds. The molecule has 5 heteroatoms. The second kappa shape index (κ2) is 9.29. The molecule has 1 aliphatic carbocycles. The lowest BCUT2D eigenvalue weighted by molar-refractivity contribution is -0.142. The van der Waals surface area contributed by atoms with Gasteiger partial charge in [-0.1, -0.05) is 42.5 Å². The maximum absolute atomic E-state index is 13.0. The van der Waals surface area contributed by atoms with E-state index in [1.54, 1.807) is 0 Å². The third-order valence-electron chi connectivity index (χ3n) is 5.59. The highest BCUT2D eigenvalue weighted by atomic mass is 19.1. The average Bonchev–Trinajstić information content (AvgIpc) is 3.17. The smallest absolute Gasteiger partial charge is 0.307 e. The van der Waals surface area contributed by atoms with Gasteiger partial charge in [-0.3, -0.25) is 9.59 Å². The Labute approximate surface area is 169 Å². The van der Waals surface area contributed by atoms with Gasteiger partial charge < -0.3 is 5.11 Å². The summed E-state index contributed by atoms with van der Waals surface area (Å²) in [6, 6.07) is 17.1. The summed E-state index contributed by atoms with van der Waals surface area (Å²) in [6.45, 7) is 0. The van der Waals surface area contributed by atoms with Gasteiger partial charge in [-0.15, -0.1) is 0 Å². The fourth-order valence-corrected chi connectivity index (χ4v) is 4.09. The van der Waals surface area contributed by atoms with Crippen LogP contribution in [0.15, 0.2) is 60.2 Å². The molecule has 1 N–H and O–H groups in total. The van der Waals surface area contributed by atoms with E-state index in [4.69, 9.17) is 0 Å². The van der Waals surface area contributed by atoms with Gasteiger partial charge in [0.2, 0.25) is 0 Å². The lowest BCUT2D eigenvalue weighted by atomic mass is 9.89. The monoisotopic (exact) mass is 391 g/mol. The highest BCUT2D eigenvalue weighted by Gasteiger charge is 2.39. The number of carbonyl (C=O) groups is 2. The molecule has 0 saturated heterocycles. The van der Waals surface area contributed by atoms with Crippen molar-refractivity contribution < 1.29 is 19.1 Å². The van der Waals surface area contributed by atoms with Crippen LogP contribution in [0.4, 0.5) is 4.39 Å². The number of nitrogens with zero attached hydrogens (tertiary/aromatic N) is 1. The number of aliphatic carboxylic acids is 1. The Kier molecular flexibility index (Phi) is 6.56. The summed E-state index contributed by atoms with van der Waals surface area (Å²) in [7, 11) is 0. The zero-order chi connectivity index (χ0) is 20.8. The molecule has 0 heterocycles. The second-order valence-corrected chi connectivity index (χ2v) is 7.48. The van der Waals surface area contributed by atoms with Crippen LogP contribution >= 0.6 is 0 Å². The maximum Gasteiger partial charge on any atom is 0.307 e. The summed E-state index contributed by atoms with van der Waals surface area (Å²) in [5.74, 6) is -1.85. The predicted molar refractivity (Wildman–Crippen MR) is 107 cm³/mol. The standard InChI is InChI=1S/C24H22FNO3/c25-20-9-6-16(7-10-20)12-19(15-26)23(27)11-8-17-13-21(22(14-17)24(28)29)18-4-2-1-3-5-18/h1-7,9-10,12,17,21-22H,8,11,13-14H2,(H,28,29)/b19-12+/t17?,21-,22+/m0/s1. The number of hydrogen-bond donors (Lipinski definition) is 1. The Morgan fingerprint density at radius 2 is 1.79 bits per heavy atom. The van der Waals surface area contributed by atoms with Gasteiger partial charge in [-0.05, 0) is 60.4 Å². The lowest BCUT2D eigenvalue weighted by Gasteiger charge is -2.15. The van der Waals surface area contributed by atoms with Gasteiger partial charge in [-0.2, -0.15) is 5.26 Å². The highest BCUT2D eigenvalue weighted by molar-refractivity contribution is 6.03. The molecule has 29 heavy (non-hydrogen) atoms. The summed E-state index contributed by atoms with van der Waals surface area (Å²) < 4.78 is 13.0. The molecule has 4 nitrogen and oxygen atoms in total. The molecular formula is C24H22FNO3. The molecule has 2 aromatic rings. The van der Waals surface area contributed by atoms with Crippen molar-refractivity contribution in [1.29, 1.82) is 5.26 Å². The minimum atomic E-state index is -0.804. The first kappa shape index (κ1) is 20.5. The molecule has 3 rings (SSSR count). The van der Waals surface area contributed by atoms with Crippen LogP contribution in [-0.4, -0.2) is 16.9 Å². The van der Waals surface area contributed by atoms with Crippen LogP contribution < -0.4 is 0 Å². The first-order valence-electron chi connectivity index (χ1n) is 9.66. The Bertz CT molecular complexity index is 944. The van der Waals surface area contributed by atoms with Crippen LogP contribution in [0.3, 0.4) is 0 Å².